The molecule has 3 atom stereocenters. The zero-order valence-electron chi connectivity index (χ0n) is 11.9. The maximum atomic E-state index is 12.7. The van der Waals surface area contributed by atoms with Crippen molar-refractivity contribution in [1.29, 1.82) is 0 Å². The summed E-state index contributed by atoms with van der Waals surface area (Å²) >= 11 is 6.63. The minimum absolute atomic E-state index is 0.0553. The zero-order chi connectivity index (χ0) is 15.3. The molecule has 2 aliphatic rings. The number of rotatable bonds is 2. The second-order valence-corrected chi connectivity index (χ2v) is 9.34. The van der Waals surface area contributed by atoms with E-state index in [1.165, 1.54) is 11.3 Å². The highest BCUT2D eigenvalue weighted by molar-refractivity contribution is 9.11. The monoisotopic (exact) mass is 397 g/mol. The normalized spacial score (nSPS) is 27.4. The number of aromatic nitrogens is 1. The summed E-state index contributed by atoms with van der Waals surface area (Å²) < 4.78 is 1.08. The summed E-state index contributed by atoms with van der Waals surface area (Å²) in [6.45, 7) is 1.64. The minimum Gasteiger partial charge on any atom is -0.337 e. The van der Waals surface area contributed by atoms with Crippen LogP contribution in [0.2, 0.25) is 0 Å². The van der Waals surface area contributed by atoms with Gasteiger partial charge in [0.2, 0.25) is 0 Å². The Balaban J connectivity index is 1.51. The van der Waals surface area contributed by atoms with Gasteiger partial charge in [0.25, 0.3) is 5.91 Å². The van der Waals surface area contributed by atoms with E-state index >= 15 is 0 Å². The van der Waals surface area contributed by atoms with Gasteiger partial charge in [-0.25, -0.2) is 4.98 Å². The fraction of sp³-hybridized carbons (Fsp3) is 0.467. The number of thiazole rings is 1. The van der Waals surface area contributed by atoms with Gasteiger partial charge < -0.3 is 10.6 Å². The van der Waals surface area contributed by atoms with Crippen LogP contribution in [-0.2, 0) is 0 Å². The van der Waals surface area contributed by atoms with Crippen molar-refractivity contribution < 1.29 is 4.79 Å². The summed E-state index contributed by atoms with van der Waals surface area (Å²) in [5.41, 5.74) is 6.72. The standard InChI is InChI=1S/C15H16BrN3OS2/c16-13-4-3-12(22-13)14-18-11(7-21-14)15(20)19-5-8-1-2-10(17)9(8)6-19/h3-4,7-10H,1-2,5-6,17H2. The lowest BCUT2D eigenvalue weighted by Crippen LogP contribution is -2.33. The molecule has 116 valence electrons. The number of likely N-dealkylation sites (tertiary alicyclic amines) is 1. The van der Waals surface area contributed by atoms with Crippen LogP contribution in [0.4, 0.5) is 0 Å². The Morgan fingerprint density at radius 2 is 2.23 bits per heavy atom. The predicted octanol–water partition coefficient (Wildman–Crippen LogP) is 3.44. The van der Waals surface area contributed by atoms with Gasteiger partial charge in [-0.15, -0.1) is 22.7 Å². The van der Waals surface area contributed by atoms with Crippen LogP contribution >= 0.6 is 38.6 Å². The fourth-order valence-corrected chi connectivity index (χ4v) is 5.80. The number of thiophene rings is 1. The highest BCUT2D eigenvalue weighted by atomic mass is 79.9. The van der Waals surface area contributed by atoms with Gasteiger partial charge in [0.1, 0.15) is 10.7 Å². The van der Waals surface area contributed by atoms with Crippen LogP contribution in [0.1, 0.15) is 23.3 Å². The van der Waals surface area contributed by atoms with Crippen molar-refractivity contribution in [3.05, 3.63) is 27.0 Å². The molecule has 3 unspecified atom stereocenters. The molecular weight excluding hydrogens is 382 g/mol. The van der Waals surface area contributed by atoms with Crippen LogP contribution in [0, 0.1) is 11.8 Å². The van der Waals surface area contributed by atoms with Gasteiger partial charge in [-0.05, 0) is 52.7 Å². The van der Waals surface area contributed by atoms with E-state index in [0.29, 0.717) is 17.5 Å². The second kappa shape index (κ2) is 5.70. The van der Waals surface area contributed by atoms with Gasteiger partial charge in [0.05, 0.1) is 8.66 Å². The number of carbonyl (C=O) groups excluding carboxylic acids is 1. The number of hydrogen-bond acceptors (Lipinski definition) is 5. The Labute approximate surface area is 145 Å². The fourth-order valence-electron chi connectivity index (χ4n) is 3.55. The summed E-state index contributed by atoms with van der Waals surface area (Å²) in [5.74, 6) is 1.13. The van der Waals surface area contributed by atoms with Gasteiger partial charge in [0, 0.05) is 24.5 Å². The Kier molecular flexibility index (Phi) is 3.84. The summed E-state index contributed by atoms with van der Waals surface area (Å²) in [7, 11) is 0. The molecule has 4 nitrogen and oxygen atoms in total. The number of amides is 1. The Morgan fingerprint density at radius 1 is 1.36 bits per heavy atom. The molecule has 22 heavy (non-hydrogen) atoms. The first-order valence-electron chi connectivity index (χ1n) is 7.38. The third kappa shape index (κ3) is 2.54. The minimum atomic E-state index is 0.0553. The van der Waals surface area contributed by atoms with Crippen molar-refractivity contribution in [2.75, 3.05) is 13.1 Å². The predicted molar refractivity (Wildman–Crippen MR) is 93.2 cm³/mol. The molecule has 2 aromatic rings. The molecule has 2 fully saturated rings. The van der Waals surface area contributed by atoms with Gasteiger partial charge in [-0.2, -0.15) is 0 Å². The molecule has 0 bridgehead atoms. The van der Waals surface area contributed by atoms with Crippen LogP contribution in [0.25, 0.3) is 9.88 Å². The molecule has 2 N–H and O–H groups in total. The summed E-state index contributed by atoms with van der Waals surface area (Å²) in [4.78, 5) is 20.2. The van der Waals surface area contributed by atoms with E-state index in [2.05, 4.69) is 20.9 Å². The number of fused-ring (bicyclic) bond motifs is 1. The largest absolute Gasteiger partial charge is 0.337 e. The molecule has 0 radical (unpaired) electrons. The van der Waals surface area contributed by atoms with Crippen molar-refractivity contribution in [1.82, 2.24) is 9.88 Å². The Morgan fingerprint density at radius 3 is 2.95 bits per heavy atom. The van der Waals surface area contributed by atoms with Crippen molar-refractivity contribution in [2.24, 2.45) is 17.6 Å². The van der Waals surface area contributed by atoms with E-state index in [9.17, 15) is 4.79 Å². The molecular formula is C15H16BrN3OS2. The molecule has 1 saturated heterocycles. The number of hydrogen-bond donors (Lipinski definition) is 1. The van der Waals surface area contributed by atoms with Crippen LogP contribution in [-0.4, -0.2) is 34.9 Å². The smallest absolute Gasteiger partial charge is 0.273 e. The van der Waals surface area contributed by atoms with Gasteiger partial charge in [-0.1, -0.05) is 0 Å². The lowest BCUT2D eigenvalue weighted by molar-refractivity contribution is 0.0774. The first-order chi connectivity index (χ1) is 10.6. The van der Waals surface area contributed by atoms with E-state index in [-0.39, 0.29) is 11.9 Å². The summed E-state index contributed by atoms with van der Waals surface area (Å²) in [6.07, 6.45) is 2.26. The highest BCUT2D eigenvalue weighted by Gasteiger charge is 2.42. The topological polar surface area (TPSA) is 59.2 Å². The Bertz CT molecular complexity index is 713. The summed E-state index contributed by atoms with van der Waals surface area (Å²) in [5, 5.41) is 2.79. The first-order valence-corrected chi connectivity index (χ1v) is 9.87. The Hall–Kier alpha value is -0.760. The molecule has 4 rings (SSSR count). The maximum Gasteiger partial charge on any atom is 0.273 e. The molecule has 1 aliphatic heterocycles. The summed E-state index contributed by atoms with van der Waals surface area (Å²) in [6, 6.07) is 4.30. The van der Waals surface area contributed by atoms with E-state index < -0.39 is 0 Å². The second-order valence-electron chi connectivity index (χ2n) is 6.02. The molecule has 0 aromatic carbocycles. The number of carbonyl (C=O) groups is 1. The van der Waals surface area contributed by atoms with Crippen molar-refractivity contribution in [2.45, 2.75) is 18.9 Å². The van der Waals surface area contributed by atoms with E-state index in [1.54, 1.807) is 11.3 Å². The van der Waals surface area contributed by atoms with Crippen LogP contribution in [0.5, 0.6) is 0 Å². The molecule has 7 heteroatoms. The average molecular weight is 398 g/mol. The van der Waals surface area contributed by atoms with Crippen LogP contribution in [0.3, 0.4) is 0 Å². The number of nitrogens with zero attached hydrogens (tertiary/aromatic N) is 2. The van der Waals surface area contributed by atoms with E-state index in [4.69, 9.17) is 5.73 Å². The van der Waals surface area contributed by atoms with Gasteiger partial charge in [-0.3, -0.25) is 4.79 Å². The molecule has 1 amide bonds. The molecule has 3 heterocycles. The van der Waals surface area contributed by atoms with Crippen molar-refractivity contribution in [3.63, 3.8) is 0 Å². The first kappa shape index (κ1) is 14.8. The van der Waals surface area contributed by atoms with Gasteiger partial charge in [0.15, 0.2) is 0 Å². The highest BCUT2D eigenvalue weighted by Crippen LogP contribution is 2.38. The lowest BCUT2D eigenvalue weighted by atomic mass is 9.98. The quantitative estimate of drug-likeness (QED) is 0.843. The van der Waals surface area contributed by atoms with Crippen molar-refractivity contribution in [3.8, 4) is 9.88 Å². The van der Waals surface area contributed by atoms with Crippen LogP contribution in [0.15, 0.2) is 21.3 Å². The van der Waals surface area contributed by atoms with Gasteiger partial charge >= 0.3 is 0 Å². The zero-order valence-corrected chi connectivity index (χ0v) is 15.1. The molecule has 2 aromatic heterocycles. The SMILES string of the molecule is NC1CCC2CN(C(=O)c3csc(-c4ccc(Br)s4)n3)CC12. The van der Waals surface area contributed by atoms with E-state index in [0.717, 1.165) is 39.6 Å². The van der Waals surface area contributed by atoms with E-state index in [1.807, 2.05) is 22.4 Å². The lowest BCUT2D eigenvalue weighted by Gasteiger charge is -2.17. The molecule has 0 spiro atoms. The molecule has 1 saturated carbocycles. The van der Waals surface area contributed by atoms with Crippen LogP contribution < -0.4 is 5.73 Å². The molecule has 1 aliphatic carbocycles. The van der Waals surface area contributed by atoms with Crippen molar-refractivity contribution >= 4 is 44.5 Å². The maximum absolute atomic E-state index is 12.7. The third-order valence-electron chi connectivity index (χ3n) is 4.71. The average Bonchev–Trinajstić information content (AvgIpc) is 3.23. The third-order valence-corrected chi connectivity index (χ3v) is 7.34. The number of nitrogens with two attached hydrogens (primary N) is 1. The number of halogens is 1.